The van der Waals surface area contributed by atoms with Crippen molar-refractivity contribution >= 4 is 43.4 Å². The smallest absolute Gasteiger partial charge is 0.283 e. The number of thiazole rings is 1. The molecular weight excluding hydrogens is 416 g/mol. The van der Waals surface area contributed by atoms with Crippen LogP contribution in [0.4, 0.5) is 0 Å². The first-order valence-corrected chi connectivity index (χ1v) is 9.83. The first-order chi connectivity index (χ1) is 12.6. The number of ether oxygens (including phenoxy) is 2. The molecule has 0 bridgehead atoms. The molecule has 136 valence electrons. The Morgan fingerprint density at radius 2 is 2.08 bits per heavy atom. The maximum Gasteiger partial charge on any atom is 0.283 e. The van der Waals surface area contributed by atoms with Gasteiger partial charge < -0.3 is 14.0 Å². The van der Waals surface area contributed by atoms with Crippen molar-refractivity contribution in [2.75, 3.05) is 20.3 Å². The highest BCUT2D eigenvalue weighted by Crippen LogP contribution is 2.23. The lowest BCUT2D eigenvalue weighted by Gasteiger charge is -2.06. The molecular formula is C19H19BrN2O3S. The van der Waals surface area contributed by atoms with Crippen LogP contribution in [0.5, 0.6) is 5.75 Å². The van der Waals surface area contributed by atoms with Crippen molar-refractivity contribution in [3.05, 3.63) is 57.3 Å². The number of amides is 1. The van der Waals surface area contributed by atoms with E-state index in [1.807, 2.05) is 35.8 Å². The molecule has 7 heteroatoms. The Morgan fingerprint density at radius 1 is 1.27 bits per heavy atom. The Morgan fingerprint density at radius 3 is 2.85 bits per heavy atom. The summed E-state index contributed by atoms with van der Waals surface area (Å²) in [6, 6.07) is 13.1. The molecule has 2 aromatic carbocycles. The minimum absolute atomic E-state index is 0.321. The molecule has 0 aliphatic rings. The quantitative estimate of drug-likeness (QED) is 0.544. The van der Waals surface area contributed by atoms with Crippen LogP contribution in [-0.2, 0) is 11.3 Å². The summed E-state index contributed by atoms with van der Waals surface area (Å²) in [4.78, 5) is 17.7. The van der Waals surface area contributed by atoms with Gasteiger partial charge >= 0.3 is 0 Å². The van der Waals surface area contributed by atoms with Gasteiger partial charge in [0.25, 0.3) is 5.91 Å². The molecule has 0 saturated heterocycles. The zero-order valence-electron chi connectivity index (χ0n) is 14.6. The monoisotopic (exact) mass is 434 g/mol. The summed E-state index contributed by atoms with van der Waals surface area (Å²) in [5.74, 6) is 0.198. The van der Waals surface area contributed by atoms with Crippen molar-refractivity contribution in [1.82, 2.24) is 4.57 Å². The van der Waals surface area contributed by atoms with Gasteiger partial charge in [0.1, 0.15) is 5.75 Å². The zero-order chi connectivity index (χ0) is 18.5. The Balaban J connectivity index is 2.08. The average molecular weight is 435 g/mol. The first kappa shape index (κ1) is 18.8. The van der Waals surface area contributed by atoms with Gasteiger partial charge in [-0.1, -0.05) is 39.4 Å². The molecule has 0 aliphatic heterocycles. The number of carbonyl (C=O) groups excluding carboxylic acids is 1. The van der Waals surface area contributed by atoms with Crippen molar-refractivity contribution in [2.45, 2.75) is 13.5 Å². The van der Waals surface area contributed by atoms with Crippen molar-refractivity contribution in [1.29, 1.82) is 0 Å². The second-order valence-electron chi connectivity index (χ2n) is 5.46. The number of hydrogen-bond donors (Lipinski definition) is 0. The Hall–Kier alpha value is -1.96. The number of aromatic nitrogens is 1. The van der Waals surface area contributed by atoms with E-state index >= 15 is 0 Å². The number of benzene rings is 2. The maximum absolute atomic E-state index is 12.7. The number of halogens is 1. The van der Waals surface area contributed by atoms with Crippen LogP contribution in [0.3, 0.4) is 0 Å². The first-order valence-electron chi connectivity index (χ1n) is 8.22. The standard InChI is InChI=1S/C19H19BrN2O3S/c1-3-25-11-10-22-15-9-8-13(20)12-17(15)26-19(22)21-18(23)14-6-4-5-7-16(14)24-2/h4-9,12H,3,10-11H2,1-2H3. The molecule has 0 N–H and O–H groups in total. The van der Waals surface area contributed by atoms with E-state index in [1.54, 1.807) is 25.3 Å². The molecule has 0 atom stereocenters. The zero-order valence-corrected chi connectivity index (χ0v) is 17.0. The van der Waals surface area contributed by atoms with Gasteiger partial charge in [-0.05, 0) is 37.3 Å². The predicted molar refractivity (Wildman–Crippen MR) is 107 cm³/mol. The van der Waals surface area contributed by atoms with Gasteiger partial charge in [-0.3, -0.25) is 4.79 Å². The normalized spacial score (nSPS) is 11.9. The molecule has 0 unspecified atom stereocenters. The van der Waals surface area contributed by atoms with Crippen molar-refractivity contribution in [3.63, 3.8) is 0 Å². The highest BCUT2D eigenvalue weighted by molar-refractivity contribution is 9.10. The third-order valence-corrected chi connectivity index (χ3v) is 5.38. The summed E-state index contributed by atoms with van der Waals surface area (Å²) in [7, 11) is 1.55. The number of hydrogen-bond acceptors (Lipinski definition) is 4. The van der Waals surface area contributed by atoms with E-state index in [4.69, 9.17) is 9.47 Å². The topological polar surface area (TPSA) is 52.8 Å². The minimum Gasteiger partial charge on any atom is -0.496 e. The molecule has 0 saturated carbocycles. The van der Waals surface area contributed by atoms with Crippen LogP contribution in [-0.4, -0.2) is 30.8 Å². The van der Waals surface area contributed by atoms with Gasteiger partial charge in [-0.25, -0.2) is 0 Å². The number of carbonyl (C=O) groups is 1. The lowest BCUT2D eigenvalue weighted by Crippen LogP contribution is -2.19. The summed E-state index contributed by atoms with van der Waals surface area (Å²) in [6.07, 6.45) is 0. The summed E-state index contributed by atoms with van der Waals surface area (Å²) in [5.41, 5.74) is 1.48. The maximum atomic E-state index is 12.7. The predicted octanol–water partition coefficient (Wildman–Crippen LogP) is 4.25. The number of nitrogens with zero attached hydrogens (tertiary/aromatic N) is 2. The summed E-state index contributed by atoms with van der Waals surface area (Å²) in [5, 5.41) is 0. The molecule has 3 rings (SSSR count). The Labute approximate surface area is 164 Å². The van der Waals surface area contributed by atoms with Crippen molar-refractivity contribution in [2.24, 2.45) is 4.99 Å². The van der Waals surface area contributed by atoms with Gasteiger partial charge in [0.15, 0.2) is 4.80 Å². The van der Waals surface area contributed by atoms with Gasteiger partial charge in [-0.15, -0.1) is 0 Å². The van der Waals surface area contributed by atoms with E-state index in [-0.39, 0.29) is 5.91 Å². The third kappa shape index (κ3) is 4.06. The highest BCUT2D eigenvalue weighted by Gasteiger charge is 2.13. The molecule has 26 heavy (non-hydrogen) atoms. The van der Waals surface area contributed by atoms with Gasteiger partial charge in [0.05, 0.1) is 29.5 Å². The average Bonchev–Trinajstić information content (AvgIpc) is 2.98. The van der Waals surface area contributed by atoms with Crippen LogP contribution in [0, 0.1) is 0 Å². The molecule has 0 radical (unpaired) electrons. The third-order valence-electron chi connectivity index (χ3n) is 3.84. The number of para-hydroxylation sites is 1. The molecule has 1 aromatic heterocycles. The van der Waals surface area contributed by atoms with Crippen LogP contribution < -0.4 is 9.54 Å². The molecule has 1 amide bonds. The lowest BCUT2D eigenvalue weighted by atomic mass is 10.2. The largest absolute Gasteiger partial charge is 0.496 e. The van der Waals surface area contributed by atoms with E-state index in [0.29, 0.717) is 35.9 Å². The van der Waals surface area contributed by atoms with Crippen LogP contribution in [0.1, 0.15) is 17.3 Å². The van der Waals surface area contributed by atoms with E-state index in [0.717, 1.165) is 14.7 Å². The highest BCUT2D eigenvalue weighted by atomic mass is 79.9. The summed E-state index contributed by atoms with van der Waals surface area (Å²) in [6.45, 7) is 3.81. The fraction of sp³-hybridized carbons (Fsp3) is 0.263. The van der Waals surface area contributed by atoms with E-state index in [1.165, 1.54) is 11.3 Å². The minimum atomic E-state index is -0.321. The second-order valence-corrected chi connectivity index (χ2v) is 7.39. The number of fused-ring (bicyclic) bond motifs is 1. The van der Waals surface area contributed by atoms with Crippen molar-refractivity contribution in [3.8, 4) is 5.75 Å². The Kier molecular flexibility index (Phi) is 6.24. The van der Waals surface area contributed by atoms with Crippen LogP contribution in [0.25, 0.3) is 10.2 Å². The summed E-state index contributed by atoms with van der Waals surface area (Å²) < 4.78 is 14.8. The fourth-order valence-electron chi connectivity index (χ4n) is 2.62. The van der Waals surface area contributed by atoms with Gasteiger partial charge in [0.2, 0.25) is 0 Å². The number of methoxy groups -OCH3 is 1. The SMILES string of the molecule is CCOCCn1c(=NC(=O)c2ccccc2OC)sc2cc(Br)ccc21. The molecule has 1 heterocycles. The molecule has 3 aromatic rings. The second kappa shape index (κ2) is 8.62. The molecule has 0 aliphatic carbocycles. The van der Waals surface area contributed by atoms with E-state index < -0.39 is 0 Å². The van der Waals surface area contributed by atoms with Crippen LogP contribution in [0.2, 0.25) is 0 Å². The van der Waals surface area contributed by atoms with Crippen LogP contribution >= 0.6 is 27.3 Å². The van der Waals surface area contributed by atoms with E-state index in [9.17, 15) is 4.79 Å². The molecule has 0 spiro atoms. The van der Waals surface area contributed by atoms with Gasteiger partial charge in [-0.2, -0.15) is 4.99 Å². The fourth-order valence-corrected chi connectivity index (χ4v) is 4.22. The van der Waals surface area contributed by atoms with E-state index in [2.05, 4.69) is 20.9 Å². The lowest BCUT2D eigenvalue weighted by molar-refractivity contribution is 0.0993. The van der Waals surface area contributed by atoms with Gasteiger partial charge in [0, 0.05) is 17.6 Å². The number of rotatable bonds is 6. The van der Waals surface area contributed by atoms with Crippen molar-refractivity contribution < 1.29 is 14.3 Å². The molecule has 5 nitrogen and oxygen atoms in total. The Bertz CT molecular complexity index is 994. The summed E-state index contributed by atoms with van der Waals surface area (Å²) >= 11 is 4.98. The van der Waals surface area contributed by atoms with Crippen LogP contribution in [0.15, 0.2) is 51.9 Å². The molecule has 0 fully saturated rings.